The van der Waals surface area contributed by atoms with Crippen molar-refractivity contribution in [3.05, 3.63) is 45.4 Å². The lowest BCUT2D eigenvalue weighted by atomic mass is 10.1. The summed E-state index contributed by atoms with van der Waals surface area (Å²) in [6.07, 6.45) is 0. The molecule has 0 unspecified atom stereocenters. The molecule has 0 amide bonds. The Morgan fingerprint density at radius 1 is 0.688 bits per heavy atom. The Balaban J connectivity index is 2.64. The van der Waals surface area contributed by atoms with Gasteiger partial charge in [0, 0.05) is 31.9 Å². The number of hydrogen-bond acceptors (Lipinski definition) is 2. The Bertz CT molecular complexity index is 620. The maximum atomic E-state index is 11.7. The Morgan fingerprint density at radius 2 is 1.12 bits per heavy atom. The Kier molecular flexibility index (Phi) is 1.88. The maximum absolute atomic E-state index is 11.7. The normalized spacial score (nSPS) is 13.9. The van der Waals surface area contributed by atoms with E-state index in [4.69, 9.17) is 23.2 Å². The van der Waals surface area contributed by atoms with E-state index in [0.717, 1.165) is 0 Å². The first-order valence-electron chi connectivity index (χ1n) is 4.61. The third-order valence-electron chi connectivity index (χ3n) is 2.75. The molecular formula is C12H4Cl2O2. The first kappa shape index (κ1) is 9.82. The molecule has 0 radical (unpaired) electrons. The van der Waals surface area contributed by atoms with Crippen LogP contribution in [0.1, 0.15) is 20.7 Å². The van der Waals surface area contributed by atoms with Gasteiger partial charge in [-0.25, -0.2) is 0 Å². The second-order valence-corrected chi connectivity index (χ2v) is 4.41. The van der Waals surface area contributed by atoms with Gasteiger partial charge in [-0.3, -0.25) is 9.59 Å². The van der Waals surface area contributed by atoms with E-state index in [1.54, 1.807) is 24.3 Å². The van der Waals surface area contributed by atoms with E-state index in [1.807, 2.05) is 0 Å². The fourth-order valence-electron chi connectivity index (χ4n) is 2.04. The van der Waals surface area contributed by atoms with E-state index in [2.05, 4.69) is 0 Å². The van der Waals surface area contributed by atoms with E-state index < -0.39 is 11.6 Å². The average molecular weight is 251 g/mol. The van der Waals surface area contributed by atoms with Gasteiger partial charge in [0.25, 0.3) is 0 Å². The summed E-state index contributed by atoms with van der Waals surface area (Å²) >= 11 is 12.0. The van der Waals surface area contributed by atoms with Crippen LogP contribution in [0.5, 0.6) is 0 Å². The topological polar surface area (TPSA) is 34.1 Å². The Morgan fingerprint density at radius 3 is 1.56 bits per heavy atom. The van der Waals surface area contributed by atoms with E-state index >= 15 is 0 Å². The van der Waals surface area contributed by atoms with Crippen molar-refractivity contribution in [2.24, 2.45) is 0 Å². The van der Waals surface area contributed by atoms with Crippen LogP contribution < -0.4 is 0 Å². The van der Waals surface area contributed by atoms with Gasteiger partial charge >= 0.3 is 0 Å². The van der Waals surface area contributed by atoms with E-state index in [1.165, 1.54) is 0 Å². The third kappa shape index (κ3) is 1.03. The summed E-state index contributed by atoms with van der Waals surface area (Å²) in [5, 5.41) is 2.06. The number of benzene rings is 2. The number of carbonyl (C=O) groups excluding carboxylic acids is 2. The van der Waals surface area contributed by atoms with Crippen LogP contribution in [0.15, 0.2) is 24.3 Å². The summed E-state index contributed by atoms with van der Waals surface area (Å²) in [6, 6.07) is 6.31. The van der Waals surface area contributed by atoms with Gasteiger partial charge in [-0.05, 0) is 24.3 Å². The molecule has 2 nitrogen and oxygen atoms in total. The minimum atomic E-state index is -0.487. The summed E-state index contributed by atoms with van der Waals surface area (Å²) in [5.74, 6) is -0.974. The van der Waals surface area contributed by atoms with Crippen LogP contribution in [0.4, 0.5) is 0 Å². The van der Waals surface area contributed by atoms with Crippen molar-refractivity contribution in [1.29, 1.82) is 0 Å². The average Bonchev–Trinajstić information content (AvgIpc) is 2.50. The Hall–Kier alpha value is -1.38. The molecule has 0 saturated heterocycles. The lowest BCUT2D eigenvalue weighted by Crippen LogP contribution is -2.05. The number of halogens is 2. The number of hydrogen-bond donors (Lipinski definition) is 0. The largest absolute Gasteiger partial charge is 0.285 e. The molecule has 0 fully saturated rings. The minimum Gasteiger partial charge on any atom is -0.285 e. The SMILES string of the molecule is O=C1C(=O)c2ccc(Cl)c3c(Cl)ccc1c23. The molecule has 3 rings (SSSR count). The number of rotatable bonds is 0. The molecule has 1 aliphatic carbocycles. The van der Waals surface area contributed by atoms with Gasteiger partial charge in [-0.1, -0.05) is 23.2 Å². The summed E-state index contributed by atoms with van der Waals surface area (Å²) in [4.78, 5) is 23.3. The zero-order chi connectivity index (χ0) is 11.4. The summed E-state index contributed by atoms with van der Waals surface area (Å²) in [6.45, 7) is 0. The van der Waals surface area contributed by atoms with Gasteiger partial charge in [0.05, 0.1) is 0 Å². The van der Waals surface area contributed by atoms with Crippen LogP contribution in [-0.4, -0.2) is 11.6 Å². The van der Waals surface area contributed by atoms with Crippen molar-refractivity contribution in [1.82, 2.24) is 0 Å². The third-order valence-corrected chi connectivity index (χ3v) is 3.38. The van der Waals surface area contributed by atoms with Crippen molar-refractivity contribution in [2.75, 3.05) is 0 Å². The van der Waals surface area contributed by atoms with Crippen molar-refractivity contribution in [3.63, 3.8) is 0 Å². The van der Waals surface area contributed by atoms with E-state index in [9.17, 15) is 9.59 Å². The van der Waals surface area contributed by atoms with Gasteiger partial charge in [0.2, 0.25) is 11.6 Å². The highest BCUT2D eigenvalue weighted by Gasteiger charge is 2.31. The lowest BCUT2D eigenvalue weighted by molar-refractivity contribution is 0.0825. The van der Waals surface area contributed by atoms with Gasteiger partial charge in [0.1, 0.15) is 0 Å². The molecule has 0 saturated carbocycles. The van der Waals surface area contributed by atoms with Crippen LogP contribution in [0.3, 0.4) is 0 Å². The van der Waals surface area contributed by atoms with Crippen LogP contribution in [-0.2, 0) is 0 Å². The highest BCUT2D eigenvalue weighted by molar-refractivity contribution is 6.59. The van der Waals surface area contributed by atoms with Gasteiger partial charge in [-0.2, -0.15) is 0 Å². The highest BCUT2D eigenvalue weighted by Crippen LogP contribution is 2.38. The number of carbonyl (C=O) groups is 2. The minimum absolute atomic E-state index is 0.391. The monoisotopic (exact) mass is 250 g/mol. The number of Topliss-reactive ketones (excluding diaryl/α,β-unsaturated/α-hetero) is 2. The standard InChI is InChI=1S/C12H4Cl2O2/c13-7-3-1-5-9-6(12(16)11(5)15)2-4-8(14)10(7)9/h1-4H. The molecule has 0 bridgehead atoms. The van der Waals surface area contributed by atoms with Crippen molar-refractivity contribution >= 4 is 45.5 Å². The highest BCUT2D eigenvalue weighted by atomic mass is 35.5. The van der Waals surface area contributed by atoms with Crippen LogP contribution in [0.25, 0.3) is 10.8 Å². The quantitative estimate of drug-likeness (QED) is 0.671. The zero-order valence-corrected chi connectivity index (χ0v) is 9.39. The fraction of sp³-hybridized carbons (Fsp3) is 0. The van der Waals surface area contributed by atoms with Gasteiger partial charge < -0.3 is 0 Å². The smallest absolute Gasteiger partial charge is 0.234 e. The molecule has 0 atom stereocenters. The molecule has 2 aromatic carbocycles. The molecule has 4 heteroatoms. The fourth-order valence-corrected chi connectivity index (χ4v) is 2.60. The van der Waals surface area contributed by atoms with E-state index in [-0.39, 0.29) is 0 Å². The molecule has 78 valence electrons. The predicted molar refractivity (Wildman–Crippen MR) is 62.6 cm³/mol. The van der Waals surface area contributed by atoms with Crippen molar-refractivity contribution in [3.8, 4) is 0 Å². The second kappa shape index (κ2) is 3.06. The van der Waals surface area contributed by atoms with Crippen molar-refractivity contribution in [2.45, 2.75) is 0 Å². The van der Waals surface area contributed by atoms with Crippen LogP contribution in [0.2, 0.25) is 10.0 Å². The second-order valence-electron chi connectivity index (χ2n) is 3.60. The van der Waals surface area contributed by atoms with E-state index in [0.29, 0.717) is 31.9 Å². The number of ketones is 2. The maximum Gasteiger partial charge on any atom is 0.234 e. The van der Waals surface area contributed by atoms with Gasteiger partial charge in [0.15, 0.2) is 0 Å². The predicted octanol–water partition coefficient (Wildman–Crippen LogP) is 3.53. The summed E-state index contributed by atoms with van der Waals surface area (Å²) < 4.78 is 0. The first-order valence-corrected chi connectivity index (χ1v) is 5.36. The molecule has 16 heavy (non-hydrogen) atoms. The molecule has 2 aromatic rings. The Labute approximate surface area is 101 Å². The molecule has 1 aliphatic rings. The summed E-state index contributed by atoms with van der Waals surface area (Å²) in [5.41, 5.74) is 0.781. The lowest BCUT2D eigenvalue weighted by Gasteiger charge is -2.03. The van der Waals surface area contributed by atoms with Crippen LogP contribution >= 0.6 is 23.2 Å². The zero-order valence-electron chi connectivity index (χ0n) is 7.88. The van der Waals surface area contributed by atoms with Crippen molar-refractivity contribution < 1.29 is 9.59 Å². The van der Waals surface area contributed by atoms with Gasteiger partial charge in [-0.15, -0.1) is 0 Å². The molecule has 0 aliphatic heterocycles. The molecular weight excluding hydrogens is 247 g/mol. The summed E-state index contributed by atoms with van der Waals surface area (Å²) in [7, 11) is 0. The van der Waals surface area contributed by atoms with Crippen LogP contribution in [0, 0.1) is 0 Å². The molecule has 0 heterocycles. The molecule has 0 N–H and O–H groups in total. The molecule has 0 spiro atoms. The first-order chi connectivity index (χ1) is 7.61. The molecule has 0 aromatic heterocycles.